The Kier molecular flexibility index (Phi) is 3.66. The van der Waals surface area contributed by atoms with Crippen molar-refractivity contribution in [2.24, 2.45) is 0 Å². The number of nitrogens with zero attached hydrogens (tertiary/aromatic N) is 2. The van der Waals surface area contributed by atoms with Crippen molar-refractivity contribution in [2.45, 2.75) is 26.2 Å². The Morgan fingerprint density at radius 1 is 1.26 bits per heavy atom. The number of thiazole rings is 1. The van der Waals surface area contributed by atoms with Crippen LogP contribution in [0.25, 0.3) is 9.88 Å². The van der Waals surface area contributed by atoms with Crippen molar-refractivity contribution < 1.29 is 4.79 Å². The summed E-state index contributed by atoms with van der Waals surface area (Å²) in [5, 5.41) is 2.85. The standard InChI is InChI=1S/C14H16N2OS2/c1-10-5-6-12(19-10)13-15-11(9-18-13)14(17)16-7-3-2-4-8-16/h5-6,9H,2-4,7-8H2,1H3. The van der Waals surface area contributed by atoms with Gasteiger partial charge in [0.15, 0.2) is 0 Å². The van der Waals surface area contributed by atoms with E-state index in [9.17, 15) is 4.79 Å². The molecule has 1 amide bonds. The average molecular weight is 292 g/mol. The number of likely N-dealkylation sites (tertiary alicyclic amines) is 1. The fourth-order valence-corrected chi connectivity index (χ4v) is 4.03. The number of amides is 1. The molecule has 5 heteroatoms. The second-order valence-electron chi connectivity index (χ2n) is 4.80. The summed E-state index contributed by atoms with van der Waals surface area (Å²) in [5.74, 6) is 0.0930. The maximum atomic E-state index is 12.3. The predicted octanol–water partition coefficient (Wildman–Crippen LogP) is 3.81. The van der Waals surface area contributed by atoms with Crippen molar-refractivity contribution >= 4 is 28.6 Å². The molecule has 0 atom stereocenters. The molecule has 2 aromatic rings. The van der Waals surface area contributed by atoms with E-state index in [2.05, 4.69) is 24.0 Å². The van der Waals surface area contributed by atoms with E-state index in [1.165, 1.54) is 11.3 Å². The molecule has 1 aliphatic heterocycles. The molecule has 3 heterocycles. The van der Waals surface area contributed by atoms with Gasteiger partial charge in [-0.15, -0.1) is 22.7 Å². The van der Waals surface area contributed by atoms with Gasteiger partial charge in [0.05, 0.1) is 4.88 Å². The van der Waals surface area contributed by atoms with E-state index in [1.54, 1.807) is 22.7 Å². The van der Waals surface area contributed by atoms with Crippen LogP contribution in [-0.4, -0.2) is 28.9 Å². The van der Waals surface area contributed by atoms with Crippen LogP contribution < -0.4 is 0 Å². The van der Waals surface area contributed by atoms with E-state index in [0.717, 1.165) is 35.8 Å². The largest absolute Gasteiger partial charge is 0.337 e. The van der Waals surface area contributed by atoms with E-state index in [0.29, 0.717) is 5.69 Å². The predicted molar refractivity (Wildman–Crippen MR) is 79.9 cm³/mol. The van der Waals surface area contributed by atoms with Gasteiger partial charge in [-0.2, -0.15) is 0 Å². The summed E-state index contributed by atoms with van der Waals surface area (Å²) in [6, 6.07) is 4.17. The Labute approximate surface area is 120 Å². The summed E-state index contributed by atoms with van der Waals surface area (Å²) in [6.07, 6.45) is 3.47. The lowest BCUT2D eigenvalue weighted by atomic mass is 10.1. The quantitative estimate of drug-likeness (QED) is 0.843. The normalized spacial score (nSPS) is 15.7. The minimum atomic E-state index is 0.0930. The molecule has 3 nitrogen and oxygen atoms in total. The molecule has 0 unspecified atom stereocenters. The molecule has 0 spiro atoms. The van der Waals surface area contributed by atoms with E-state index < -0.39 is 0 Å². The highest BCUT2D eigenvalue weighted by atomic mass is 32.1. The molecule has 3 rings (SSSR count). The first-order valence-corrected chi connectivity index (χ1v) is 8.25. The zero-order valence-electron chi connectivity index (χ0n) is 10.9. The van der Waals surface area contributed by atoms with Gasteiger partial charge in [-0.05, 0) is 38.3 Å². The molecule has 0 saturated carbocycles. The lowest BCUT2D eigenvalue weighted by Gasteiger charge is -2.25. The van der Waals surface area contributed by atoms with Gasteiger partial charge in [-0.3, -0.25) is 4.79 Å². The summed E-state index contributed by atoms with van der Waals surface area (Å²) < 4.78 is 0. The van der Waals surface area contributed by atoms with E-state index in [1.807, 2.05) is 10.3 Å². The van der Waals surface area contributed by atoms with Gasteiger partial charge in [0, 0.05) is 23.3 Å². The number of piperidine rings is 1. The second-order valence-corrected chi connectivity index (χ2v) is 6.95. The summed E-state index contributed by atoms with van der Waals surface area (Å²) in [5.41, 5.74) is 0.605. The van der Waals surface area contributed by atoms with Crippen molar-refractivity contribution in [3.63, 3.8) is 0 Å². The number of carbonyl (C=O) groups excluding carboxylic acids is 1. The van der Waals surface area contributed by atoms with Gasteiger partial charge in [-0.25, -0.2) is 4.98 Å². The first-order valence-electron chi connectivity index (χ1n) is 6.55. The Morgan fingerprint density at radius 3 is 2.74 bits per heavy atom. The molecule has 0 aromatic carbocycles. The summed E-state index contributed by atoms with van der Waals surface area (Å²) in [4.78, 5) is 21.2. The maximum Gasteiger partial charge on any atom is 0.273 e. The smallest absolute Gasteiger partial charge is 0.273 e. The highest BCUT2D eigenvalue weighted by Crippen LogP contribution is 2.30. The fourth-order valence-electron chi connectivity index (χ4n) is 2.29. The first kappa shape index (κ1) is 12.8. The van der Waals surface area contributed by atoms with Crippen LogP contribution in [0.2, 0.25) is 0 Å². The van der Waals surface area contributed by atoms with E-state index in [4.69, 9.17) is 0 Å². The lowest BCUT2D eigenvalue weighted by molar-refractivity contribution is 0.0719. The maximum absolute atomic E-state index is 12.3. The minimum Gasteiger partial charge on any atom is -0.337 e. The molecule has 1 saturated heterocycles. The van der Waals surface area contributed by atoms with Crippen LogP contribution in [0.5, 0.6) is 0 Å². The van der Waals surface area contributed by atoms with Crippen LogP contribution in [0.1, 0.15) is 34.6 Å². The van der Waals surface area contributed by atoms with Crippen LogP contribution in [0.4, 0.5) is 0 Å². The molecule has 19 heavy (non-hydrogen) atoms. The van der Waals surface area contributed by atoms with Gasteiger partial charge < -0.3 is 4.90 Å². The van der Waals surface area contributed by atoms with Crippen LogP contribution in [0.3, 0.4) is 0 Å². The third-order valence-corrected chi connectivity index (χ3v) is 5.33. The molecule has 100 valence electrons. The van der Waals surface area contributed by atoms with Crippen molar-refractivity contribution in [3.8, 4) is 9.88 Å². The minimum absolute atomic E-state index is 0.0930. The topological polar surface area (TPSA) is 33.2 Å². The Morgan fingerprint density at radius 2 is 2.05 bits per heavy atom. The Bertz CT molecular complexity index is 582. The number of rotatable bonds is 2. The zero-order chi connectivity index (χ0) is 13.2. The van der Waals surface area contributed by atoms with E-state index >= 15 is 0 Å². The summed E-state index contributed by atoms with van der Waals surface area (Å²) in [6.45, 7) is 3.84. The zero-order valence-corrected chi connectivity index (χ0v) is 12.5. The molecule has 1 aliphatic rings. The molecule has 0 N–H and O–H groups in total. The van der Waals surface area contributed by atoms with Gasteiger partial charge in [0.25, 0.3) is 5.91 Å². The monoisotopic (exact) mass is 292 g/mol. The average Bonchev–Trinajstić information content (AvgIpc) is 3.07. The van der Waals surface area contributed by atoms with Crippen LogP contribution in [0, 0.1) is 6.92 Å². The van der Waals surface area contributed by atoms with Gasteiger partial charge in [0.1, 0.15) is 10.7 Å². The highest BCUT2D eigenvalue weighted by Gasteiger charge is 2.21. The van der Waals surface area contributed by atoms with Gasteiger partial charge in [-0.1, -0.05) is 0 Å². The fraction of sp³-hybridized carbons (Fsp3) is 0.429. The third kappa shape index (κ3) is 2.72. The molecule has 0 aliphatic carbocycles. The molecule has 0 radical (unpaired) electrons. The number of aromatic nitrogens is 1. The third-order valence-electron chi connectivity index (χ3n) is 3.32. The van der Waals surface area contributed by atoms with Crippen molar-refractivity contribution in [2.75, 3.05) is 13.1 Å². The highest BCUT2D eigenvalue weighted by molar-refractivity contribution is 7.21. The summed E-state index contributed by atoms with van der Waals surface area (Å²) in [7, 11) is 0. The molecule has 1 fully saturated rings. The Hall–Kier alpha value is -1.20. The van der Waals surface area contributed by atoms with Gasteiger partial charge in [0.2, 0.25) is 0 Å². The number of hydrogen-bond acceptors (Lipinski definition) is 4. The number of thiophene rings is 1. The molecular formula is C14H16N2OS2. The lowest BCUT2D eigenvalue weighted by Crippen LogP contribution is -2.35. The first-order chi connectivity index (χ1) is 9.24. The van der Waals surface area contributed by atoms with Gasteiger partial charge >= 0.3 is 0 Å². The number of hydrogen-bond donors (Lipinski definition) is 0. The molecule has 0 bridgehead atoms. The van der Waals surface area contributed by atoms with Crippen LogP contribution >= 0.6 is 22.7 Å². The Balaban J connectivity index is 1.79. The van der Waals surface area contributed by atoms with Crippen molar-refractivity contribution in [1.82, 2.24) is 9.88 Å². The van der Waals surface area contributed by atoms with Crippen molar-refractivity contribution in [1.29, 1.82) is 0 Å². The number of carbonyl (C=O) groups is 1. The van der Waals surface area contributed by atoms with Crippen LogP contribution in [-0.2, 0) is 0 Å². The van der Waals surface area contributed by atoms with Crippen molar-refractivity contribution in [3.05, 3.63) is 28.1 Å². The SMILES string of the molecule is Cc1ccc(-c2nc(C(=O)N3CCCCC3)cs2)s1. The summed E-state index contributed by atoms with van der Waals surface area (Å²) >= 11 is 3.28. The molecule has 2 aromatic heterocycles. The second kappa shape index (κ2) is 5.43. The molecular weight excluding hydrogens is 276 g/mol. The van der Waals surface area contributed by atoms with Crippen LogP contribution in [0.15, 0.2) is 17.5 Å². The number of aryl methyl sites for hydroxylation is 1. The van der Waals surface area contributed by atoms with E-state index in [-0.39, 0.29) is 5.91 Å².